The molecule has 0 radical (unpaired) electrons. The van der Waals surface area contributed by atoms with Crippen molar-refractivity contribution in [2.45, 2.75) is 6.54 Å². The molecule has 2 amide bonds. The fraction of sp³-hybridized carbons (Fsp3) is 0.278. The second-order valence-corrected chi connectivity index (χ2v) is 5.23. The van der Waals surface area contributed by atoms with Crippen LogP contribution in [0.2, 0.25) is 0 Å². The van der Waals surface area contributed by atoms with E-state index in [-0.39, 0.29) is 6.03 Å². The lowest BCUT2D eigenvalue weighted by molar-refractivity contribution is 0.198. The number of carbonyl (C=O) groups is 1. The van der Waals surface area contributed by atoms with Gasteiger partial charge in [0.1, 0.15) is 0 Å². The summed E-state index contributed by atoms with van der Waals surface area (Å²) >= 11 is 0. The van der Waals surface area contributed by atoms with Crippen LogP contribution in [0.1, 0.15) is 5.56 Å². The standard InChI is InChI=1S/C18H23N3O2/c1-21(14-15-8-4-3-5-9-15)17-11-7-6-10-16(17)20-18(22)19-12-13-23-2/h3-11H,12-14H2,1-2H3,(H2,19,20,22). The molecule has 0 aliphatic carbocycles. The van der Waals surface area contributed by atoms with Crippen molar-refractivity contribution in [3.05, 3.63) is 60.2 Å². The van der Waals surface area contributed by atoms with Crippen molar-refractivity contribution < 1.29 is 9.53 Å². The number of amides is 2. The Balaban J connectivity index is 2.03. The number of hydrogen-bond donors (Lipinski definition) is 2. The Morgan fingerprint density at radius 1 is 1.09 bits per heavy atom. The van der Waals surface area contributed by atoms with E-state index in [0.29, 0.717) is 13.2 Å². The quantitative estimate of drug-likeness (QED) is 0.772. The number of hydrogen-bond acceptors (Lipinski definition) is 3. The summed E-state index contributed by atoms with van der Waals surface area (Å²) < 4.78 is 4.92. The molecule has 23 heavy (non-hydrogen) atoms. The van der Waals surface area contributed by atoms with Crippen LogP contribution in [0.15, 0.2) is 54.6 Å². The van der Waals surface area contributed by atoms with Crippen LogP contribution in [-0.2, 0) is 11.3 Å². The van der Waals surface area contributed by atoms with Crippen LogP contribution in [0.5, 0.6) is 0 Å². The van der Waals surface area contributed by atoms with E-state index in [1.807, 2.05) is 49.5 Å². The Bertz CT molecular complexity index is 617. The second kappa shape index (κ2) is 8.80. The number of carbonyl (C=O) groups excluding carboxylic acids is 1. The maximum atomic E-state index is 11.9. The van der Waals surface area contributed by atoms with E-state index in [2.05, 4.69) is 27.7 Å². The highest BCUT2D eigenvalue weighted by Gasteiger charge is 2.10. The van der Waals surface area contributed by atoms with E-state index in [1.165, 1.54) is 5.56 Å². The van der Waals surface area contributed by atoms with Crippen molar-refractivity contribution in [2.24, 2.45) is 0 Å². The number of anilines is 2. The highest BCUT2D eigenvalue weighted by atomic mass is 16.5. The molecule has 2 aromatic rings. The normalized spacial score (nSPS) is 10.2. The highest BCUT2D eigenvalue weighted by molar-refractivity contribution is 5.93. The molecule has 0 aliphatic rings. The highest BCUT2D eigenvalue weighted by Crippen LogP contribution is 2.25. The minimum atomic E-state index is -0.234. The van der Waals surface area contributed by atoms with Crippen LogP contribution in [0.4, 0.5) is 16.2 Å². The van der Waals surface area contributed by atoms with Crippen LogP contribution < -0.4 is 15.5 Å². The third-order valence-corrected chi connectivity index (χ3v) is 3.42. The summed E-state index contributed by atoms with van der Waals surface area (Å²) in [4.78, 5) is 14.0. The number of nitrogens with one attached hydrogen (secondary N) is 2. The van der Waals surface area contributed by atoms with Crippen molar-refractivity contribution in [1.29, 1.82) is 0 Å². The Kier molecular flexibility index (Phi) is 6.44. The number of urea groups is 1. The van der Waals surface area contributed by atoms with Crippen molar-refractivity contribution in [1.82, 2.24) is 5.32 Å². The number of ether oxygens (including phenoxy) is 1. The van der Waals surface area contributed by atoms with Crippen molar-refractivity contribution >= 4 is 17.4 Å². The minimum absolute atomic E-state index is 0.234. The zero-order valence-corrected chi connectivity index (χ0v) is 13.6. The summed E-state index contributed by atoms with van der Waals surface area (Å²) in [5.74, 6) is 0. The molecule has 5 heteroatoms. The molecule has 0 spiro atoms. The number of methoxy groups -OCH3 is 1. The van der Waals surface area contributed by atoms with Crippen molar-refractivity contribution in [3.63, 3.8) is 0 Å². The van der Waals surface area contributed by atoms with Gasteiger partial charge in [0.15, 0.2) is 0 Å². The van der Waals surface area contributed by atoms with Crippen LogP contribution >= 0.6 is 0 Å². The largest absolute Gasteiger partial charge is 0.383 e. The first-order valence-corrected chi connectivity index (χ1v) is 7.58. The van der Waals surface area contributed by atoms with Gasteiger partial charge in [-0.3, -0.25) is 0 Å². The van der Waals surface area contributed by atoms with E-state index < -0.39 is 0 Å². The topological polar surface area (TPSA) is 53.6 Å². The fourth-order valence-electron chi connectivity index (χ4n) is 2.29. The lowest BCUT2D eigenvalue weighted by Gasteiger charge is -2.23. The number of para-hydroxylation sites is 2. The lowest BCUT2D eigenvalue weighted by atomic mass is 10.2. The monoisotopic (exact) mass is 313 g/mol. The average molecular weight is 313 g/mol. The van der Waals surface area contributed by atoms with Crippen LogP contribution in [-0.4, -0.2) is 33.3 Å². The molecule has 0 atom stereocenters. The molecule has 0 saturated heterocycles. The fourth-order valence-corrected chi connectivity index (χ4v) is 2.29. The second-order valence-electron chi connectivity index (χ2n) is 5.23. The third kappa shape index (κ3) is 5.30. The summed E-state index contributed by atoms with van der Waals surface area (Å²) in [6.07, 6.45) is 0. The molecule has 0 aromatic heterocycles. The Hall–Kier alpha value is -2.53. The van der Waals surface area contributed by atoms with Gasteiger partial charge in [-0.25, -0.2) is 4.79 Å². The zero-order chi connectivity index (χ0) is 16.5. The zero-order valence-electron chi connectivity index (χ0n) is 13.6. The first kappa shape index (κ1) is 16.8. The number of nitrogens with zero attached hydrogens (tertiary/aromatic N) is 1. The molecular formula is C18H23N3O2. The van der Waals surface area contributed by atoms with Crippen LogP contribution in [0, 0.1) is 0 Å². The molecule has 0 saturated carbocycles. The molecule has 0 fully saturated rings. The SMILES string of the molecule is COCCNC(=O)Nc1ccccc1N(C)Cc1ccccc1. The van der Waals surface area contributed by atoms with Gasteiger partial charge in [0.25, 0.3) is 0 Å². The summed E-state index contributed by atoms with van der Waals surface area (Å²) in [7, 11) is 3.61. The molecule has 0 bridgehead atoms. The first-order valence-electron chi connectivity index (χ1n) is 7.58. The van der Waals surface area contributed by atoms with Crippen molar-refractivity contribution in [3.8, 4) is 0 Å². The first-order chi connectivity index (χ1) is 11.2. The third-order valence-electron chi connectivity index (χ3n) is 3.42. The molecule has 0 unspecified atom stereocenters. The smallest absolute Gasteiger partial charge is 0.319 e. The van der Waals surface area contributed by atoms with Gasteiger partial charge < -0.3 is 20.3 Å². The molecule has 2 aromatic carbocycles. The Morgan fingerprint density at radius 3 is 2.52 bits per heavy atom. The summed E-state index contributed by atoms with van der Waals surface area (Å²) in [6, 6.07) is 17.8. The van der Waals surface area contributed by atoms with E-state index in [9.17, 15) is 4.79 Å². The summed E-state index contributed by atoms with van der Waals surface area (Å²) in [6.45, 7) is 1.73. The maximum Gasteiger partial charge on any atom is 0.319 e. The van der Waals surface area contributed by atoms with E-state index in [4.69, 9.17) is 4.74 Å². The van der Waals surface area contributed by atoms with Gasteiger partial charge >= 0.3 is 6.03 Å². The van der Waals surface area contributed by atoms with E-state index in [0.717, 1.165) is 17.9 Å². The van der Waals surface area contributed by atoms with Crippen LogP contribution in [0.3, 0.4) is 0 Å². The van der Waals surface area contributed by atoms with Gasteiger partial charge in [-0.2, -0.15) is 0 Å². The van der Waals surface area contributed by atoms with Gasteiger partial charge in [-0.1, -0.05) is 42.5 Å². The van der Waals surface area contributed by atoms with Gasteiger partial charge in [-0.05, 0) is 17.7 Å². The molecular weight excluding hydrogens is 290 g/mol. The minimum Gasteiger partial charge on any atom is -0.383 e. The molecule has 2 rings (SSSR count). The lowest BCUT2D eigenvalue weighted by Crippen LogP contribution is -2.32. The molecule has 122 valence electrons. The van der Waals surface area contributed by atoms with Crippen LogP contribution in [0.25, 0.3) is 0 Å². The Morgan fingerprint density at radius 2 is 1.78 bits per heavy atom. The number of benzene rings is 2. The number of rotatable bonds is 7. The van der Waals surface area contributed by atoms with Gasteiger partial charge in [0.2, 0.25) is 0 Å². The van der Waals surface area contributed by atoms with E-state index >= 15 is 0 Å². The summed E-state index contributed by atoms with van der Waals surface area (Å²) in [5, 5.41) is 5.64. The van der Waals surface area contributed by atoms with E-state index in [1.54, 1.807) is 7.11 Å². The Labute approximate surface area is 137 Å². The van der Waals surface area contributed by atoms with Crippen molar-refractivity contribution in [2.75, 3.05) is 37.5 Å². The molecule has 5 nitrogen and oxygen atoms in total. The molecule has 2 N–H and O–H groups in total. The van der Waals surface area contributed by atoms with Gasteiger partial charge in [-0.15, -0.1) is 0 Å². The predicted molar refractivity (Wildman–Crippen MR) is 93.9 cm³/mol. The summed E-state index contributed by atoms with van der Waals surface area (Å²) in [5.41, 5.74) is 2.97. The average Bonchev–Trinajstić information content (AvgIpc) is 2.56. The molecule has 0 heterocycles. The van der Waals surface area contributed by atoms with Gasteiger partial charge in [0.05, 0.1) is 18.0 Å². The maximum absolute atomic E-state index is 11.9. The van der Waals surface area contributed by atoms with Gasteiger partial charge in [0, 0.05) is 27.2 Å². The predicted octanol–water partition coefficient (Wildman–Crippen LogP) is 3.09. The molecule has 0 aliphatic heterocycles.